The van der Waals surface area contributed by atoms with E-state index in [0.717, 1.165) is 45.9 Å². The van der Waals surface area contributed by atoms with Crippen LogP contribution in [0.4, 0.5) is 11.4 Å². The van der Waals surface area contributed by atoms with E-state index < -0.39 is 23.2 Å². The molecule has 11 heteroatoms. The van der Waals surface area contributed by atoms with Crippen molar-refractivity contribution in [3.05, 3.63) is 28.3 Å². The number of methoxy groups -OCH3 is 1. The number of carbonyl (C=O) groups is 2. The minimum atomic E-state index is -0.889. The Balaban J connectivity index is 2.20. The van der Waals surface area contributed by atoms with Gasteiger partial charge in [0, 0.05) is 52.5 Å². The molecule has 0 amide bonds. The molecule has 0 saturated carbocycles. The number of rotatable bonds is 7. The van der Waals surface area contributed by atoms with Gasteiger partial charge < -0.3 is 29.7 Å². The van der Waals surface area contributed by atoms with Gasteiger partial charge in [0.1, 0.15) is 0 Å². The number of anilines is 2. The summed E-state index contributed by atoms with van der Waals surface area (Å²) in [4.78, 5) is 45.7. The molecule has 2 N–H and O–H groups in total. The topological polar surface area (TPSA) is 126 Å². The van der Waals surface area contributed by atoms with Crippen LogP contribution >= 0.6 is 0 Å². The van der Waals surface area contributed by atoms with Crippen molar-refractivity contribution in [3.63, 3.8) is 0 Å². The fourth-order valence-electron chi connectivity index (χ4n) is 3.35. The second kappa shape index (κ2) is 9.75. The van der Waals surface area contributed by atoms with Crippen LogP contribution in [0.1, 0.15) is 23.8 Å². The van der Waals surface area contributed by atoms with Crippen molar-refractivity contribution < 1.29 is 24.2 Å². The van der Waals surface area contributed by atoms with Crippen molar-refractivity contribution in [2.24, 2.45) is 0 Å². The summed E-state index contributed by atoms with van der Waals surface area (Å²) in [6, 6.07) is 1.86. The van der Waals surface area contributed by atoms with Gasteiger partial charge in [0.25, 0.3) is 0 Å². The number of carbonyl (C=O) groups excluding carboxylic acids is 2. The van der Waals surface area contributed by atoms with Crippen molar-refractivity contribution in [1.82, 2.24) is 14.3 Å². The van der Waals surface area contributed by atoms with E-state index in [1.807, 2.05) is 13.1 Å². The predicted octanol–water partition coefficient (Wildman–Crippen LogP) is -0.0475. The van der Waals surface area contributed by atoms with Crippen molar-refractivity contribution in [1.29, 1.82) is 0 Å². The highest BCUT2D eigenvalue weighted by Gasteiger charge is 2.25. The zero-order valence-electron chi connectivity index (χ0n) is 17.9. The summed E-state index contributed by atoms with van der Waals surface area (Å²) < 4.78 is 11.0. The van der Waals surface area contributed by atoms with Gasteiger partial charge in [-0.2, -0.15) is 0 Å². The SMILES string of the molecule is COC(=O)c1nc2c(NCCCO)cc(N3CCN(C)CC3)cn2c(=O)c1OC(C)=O. The van der Waals surface area contributed by atoms with Crippen molar-refractivity contribution in [2.45, 2.75) is 13.3 Å². The number of esters is 2. The van der Waals surface area contributed by atoms with Gasteiger partial charge in [0.2, 0.25) is 5.75 Å². The van der Waals surface area contributed by atoms with Crippen LogP contribution in [0.2, 0.25) is 0 Å². The molecular weight excluding hydrogens is 406 g/mol. The van der Waals surface area contributed by atoms with Gasteiger partial charge in [-0.15, -0.1) is 0 Å². The lowest BCUT2D eigenvalue weighted by Gasteiger charge is -2.34. The van der Waals surface area contributed by atoms with Gasteiger partial charge in [-0.1, -0.05) is 0 Å². The summed E-state index contributed by atoms with van der Waals surface area (Å²) in [6.45, 7) is 4.87. The molecule has 3 heterocycles. The normalized spacial score (nSPS) is 14.5. The molecule has 0 radical (unpaired) electrons. The fraction of sp³-hybridized carbons (Fsp3) is 0.500. The Morgan fingerprint density at radius 3 is 2.58 bits per heavy atom. The molecule has 2 aromatic rings. The maximum atomic E-state index is 13.2. The zero-order valence-corrected chi connectivity index (χ0v) is 17.9. The monoisotopic (exact) mass is 433 g/mol. The predicted molar refractivity (Wildman–Crippen MR) is 114 cm³/mol. The average molecular weight is 433 g/mol. The van der Waals surface area contributed by atoms with E-state index in [1.165, 1.54) is 4.40 Å². The second-order valence-corrected chi connectivity index (χ2v) is 7.28. The highest BCUT2D eigenvalue weighted by atomic mass is 16.5. The van der Waals surface area contributed by atoms with Crippen LogP contribution in [-0.2, 0) is 9.53 Å². The molecule has 11 nitrogen and oxygen atoms in total. The van der Waals surface area contributed by atoms with Gasteiger partial charge in [0.15, 0.2) is 11.3 Å². The number of ether oxygens (including phenoxy) is 2. The number of fused-ring (bicyclic) bond motifs is 1. The molecule has 1 aliphatic rings. The van der Waals surface area contributed by atoms with Gasteiger partial charge in [-0.05, 0) is 19.5 Å². The minimum Gasteiger partial charge on any atom is -0.464 e. The summed E-state index contributed by atoms with van der Waals surface area (Å²) in [5.41, 5.74) is 0.427. The molecule has 0 aromatic carbocycles. The number of hydrogen-bond donors (Lipinski definition) is 2. The Bertz CT molecular complexity index is 1030. The standard InChI is InChI=1S/C20H27N5O6/c1-13(27)31-17-16(20(29)30-3)22-18-15(21-5-4-10-26)11-14(12-25(18)19(17)28)24-8-6-23(2)7-9-24/h11-12,21,26H,4-10H2,1-3H3. The third-order valence-electron chi connectivity index (χ3n) is 5.01. The largest absolute Gasteiger partial charge is 0.464 e. The molecule has 3 rings (SSSR count). The first-order valence-corrected chi connectivity index (χ1v) is 10.0. The van der Waals surface area contributed by atoms with Crippen molar-refractivity contribution >= 4 is 29.0 Å². The third-order valence-corrected chi connectivity index (χ3v) is 5.01. The van der Waals surface area contributed by atoms with Gasteiger partial charge in [-0.25, -0.2) is 9.78 Å². The first kappa shape index (κ1) is 22.5. The minimum absolute atomic E-state index is 0.000467. The molecule has 168 valence electrons. The molecule has 0 spiro atoms. The summed E-state index contributed by atoms with van der Waals surface area (Å²) in [6.07, 6.45) is 2.12. The number of nitrogens with zero attached hydrogens (tertiary/aromatic N) is 4. The van der Waals surface area contributed by atoms with Crippen LogP contribution in [0.3, 0.4) is 0 Å². The summed E-state index contributed by atoms with van der Waals surface area (Å²) in [5.74, 6) is -2.12. The van der Waals surface area contributed by atoms with E-state index in [4.69, 9.17) is 14.6 Å². The number of hydrogen-bond acceptors (Lipinski definition) is 10. The molecule has 31 heavy (non-hydrogen) atoms. The van der Waals surface area contributed by atoms with E-state index in [1.54, 1.807) is 6.20 Å². The molecule has 1 saturated heterocycles. The molecule has 2 aromatic heterocycles. The molecule has 0 bridgehead atoms. The van der Waals surface area contributed by atoms with Crippen LogP contribution in [0, 0.1) is 0 Å². The van der Waals surface area contributed by atoms with Crippen LogP contribution in [0.5, 0.6) is 5.75 Å². The molecule has 0 unspecified atom stereocenters. The lowest BCUT2D eigenvalue weighted by atomic mass is 10.2. The number of aromatic nitrogens is 2. The van der Waals surface area contributed by atoms with E-state index in [0.29, 0.717) is 18.7 Å². The quantitative estimate of drug-likeness (QED) is 0.453. The number of nitrogens with one attached hydrogen (secondary N) is 1. The summed E-state index contributed by atoms with van der Waals surface area (Å²) >= 11 is 0. The Morgan fingerprint density at radius 2 is 1.97 bits per heavy atom. The zero-order chi connectivity index (χ0) is 22.5. The van der Waals surface area contributed by atoms with Gasteiger partial charge >= 0.3 is 17.5 Å². The summed E-state index contributed by atoms with van der Waals surface area (Å²) in [7, 11) is 3.20. The molecule has 1 fully saturated rings. The maximum absolute atomic E-state index is 13.2. The fourth-order valence-corrected chi connectivity index (χ4v) is 3.35. The highest BCUT2D eigenvalue weighted by Crippen LogP contribution is 2.26. The first-order valence-electron chi connectivity index (χ1n) is 10.0. The van der Waals surface area contributed by atoms with Crippen molar-refractivity contribution in [3.8, 4) is 5.75 Å². The van der Waals surface area contributed by atoms with Gasteiger partial charge in [0.05, 0.1) is 18.5 Å². The number of likely N-dealkylation sites (N-methyl/N-ethyl adjacent to an activating group) is 1. The lowest BCUT2D eigenvalue weighted by molar-refractivity contribution is -0.132. The molecule has 1 aliphatic heterocycles. The number of piperazine rings is 1. The Morgan fingerprint density at radius 1 is 1.26 bits per heavy atom. The van der Waals surface area contributed by atoms with E-state index in [9.17, 15) is 14.4 Å². The lowest BCUT2D eigenvalue weighted by Crippen LogP contribution is -2.44. The Hall–Kier alpha value is -3.18. The maximum Gasteiger partial charge on any atom is 0.360 e. The van der Waals surface area contributed by atoms with Crippen LogP contribution in [0.25, 0.3) is 5.65 Å². The number of aliphatic hydroxyl groups excluding tert-OH is 1. The van der Waals surface area contributed by atoms with E-state index >= 15 is 0 Å². The number of aliphatic hydroxyl groups is 1. The average Bonchev–Trinajstić information content (AvgIpc) is 2.75. The van der Waals surface area contributed by atoms with Crippen LogP contribution in [-0.4, -0.2) is 84.8 Å². The molecular formula is C20H27N5O6. The summed E-state index contributed by atoms with van der Waals surface area (Å²) in [5, 5.41) is 12.3. The third kappa shape index (κ3) is 4.94. The first-order chi connectivity index (χ1) is 14.8. The van der Waals surface area contributed by atoms with Crippen molar-refractivity contribution in [2.75, 3.05) is 63.7 Å². The Kier molecular flexibility index (Phi) is 7.08. The van der Waals surface area contributed by atoms with Gasteiger partial charge in [-0.3, -0.25) is 14.0 Å². The van der Waals surface area contributed by atoms with Crippen LogP contribution < -0.4 is 20.5 Å². The van der Waals surface area contributed by atoms with Crippen LogP contribution in [0.15, 0.2) is 17.1 Å². The smallest absolute Gasteiger partial charge is 0.360 e. The highest BCUT2D eigenvalue weighted by molar-refractivity contribution is 5.92. The molecule has 0 aliphatic carbocycles. The molecule has 0 atom stereocenters. The Labute approximate surface area is 179 Å². The second-order valence-electron chi connectivity index (χ2n) is 7.28. The van der Waals surface area contributed by atoms with E-state index in [-0.39, 0.29) is 17.9 Å². The van der Waals surface area contributed by atoms with E-state index in [2.05, 4.69) is 20.1 Å². The number of pyridine rings is 1.